The fourth-order valence-electron chi connectivity index (χ4n) is 2.26. The fourth-order valence-corrected chi connectivity index (χ4v) is 2.26. The van der Waals surface area contributed by atoms with Gasteiger partial charge in [-0.05, 0) is 36.8 Å². The van der Waals surface area contributed by atoms with Crippen LogP contribution in [-0.4, -0.2) is 19.0 Å². The quantitative estimate of drug-likeness (QED) is 0.813. The summed E-state index contributed by atoms with van der Waals surface area (Å²) in [7, 11) is 1.60. The number of esters is 1. The zero-order valence-corrected chi connectivity index (χ0v) is 11.9. The van der Waals surface area contributed by atoms with Crippen molar-refractivity contribution in [2.24, 2.45) is 4.99 Å². The number of cyclic esters (lactones) is 1. The summed E-state index contributed by atoms with van der Waals surface area (Å²) in [5, 5.41) is 0. The molecule has 0 saturated carbocycles. The fraction of sp³-hybridized carbons (Fsp3) is 0.176. The van der Waals surface area contributed by atoms with Crippen LogP contribution in [0.4, 0.5) is 0 Å². The molecule has 2 aromatic carbocycles. The molecule has 1 unspecified atom stereocenters. The van der Waals surface area contributed by atoms with Gasteiger partial charge < -0.3 is 9.47 Å². The number of ether oxygens (including phenoxy) is 2. The molecule has 1 heterocycles. The van der Waals surface area contributed by atoms with Crippen molar-refractivity contribution in [1.82, 2.24) is 0 Å². The molecule has 0 N–H and O–H groups in total. The Morgan fingerprint density at radius 1 is 1.05 bits per heavy atom. The van der Waals surface area contributed by atoms with Gasteiger partial charge in [0.05, 0.1) is 7.11 Å². The molecular weight excluding hydrogens is 266 g/mol. The van der Waals surface area contributed by atoms with Gasteiger partial charge in [0.15, 0.2) is 5.54 Å². The average molecular weight is 281 g/mol. The van der Waals surface area contributed by atoms with Crippen LogP contribution in [0.1, 0.15) is 18.1 Å². The first-order valence-corrected chi connectivity index (χ1v) is 6.65. The van der Waals surface area contributed by atoms with Gasteiger partial charge in [0.1, 0.15) is 5.75 Å². The van der Waals surface area contributed by atoms with E-state index in [9.17, 15) is 4.79 Å². The summed E-state index contributed by atoms with van der Waals surface area (Å²) in [5.41, 5.74) is 0.555. The van der Waals surface area contributed by atoms with Gasteiger partial charge in [-0.3, -0.25) is 0 Å². The first kappa shape index (κ1) is 13.4. The number of nitrogens with zero attached hydrogens (tertiary/aromatic N) is 1. The molecule has 0 bridgehead atoms. The van der Waals surface area contributed by atoms with Crippen molar-refractivity contribution in [2.45, 2.75) is 12.5 Å². The minimum Gasteiger partial charge on any atom is -0.497 e. The average Bonchev–Trinajstić information content (AvgIpc) is 2.85. The monoisotopic (exact) mass is 281 g/mol. The zero-order chi connectivity index (χ0) is 14.9. The summed E-state index contributed by atoms with van der Waals surface area (Å²) in [6, 6.07) is 16.7. The van der Waals surface area contributed by atoms with Crippen LogP contribution in [0.5, 0.6) is 5.75 Å². The Labute approximate surface area is 123 Å². The molecule has 4 nitrogen and oxygen atoms in total. The smallest absolute Gasteiger partial charge is 0.345 e. The van der Waals surface area contributed by atoms with Crippen molar-refractivity contribution in [3.63, 3.8) is 0 Å². The van der Waals surface area contributed by atoms with Gasteiger partial charge in [0, 0.05) is 5.56 Å². The van der Waals surface area contributed by atoms with Gasteiger partial charge >= 0.3 is 5.97 Å². The highest BCUT2D eigenvalue weighted by Crippen LogP contribution is 2.33. The van der Waals surface area contributed by atoms with Crippen LogP contribution in [-0.2, 0) is 15.1 Å². The van der Waals surface area contributed by atoms with Gasteiger partial charge in [-0.15, -0.1) is 0 Å². The lowest BCUT2D eigenvalue weighted by atomic mass is 9.93. The largest absolute Gasteiger partial charge is 0.497 e. The number of rotatable bonds is 3. The normalized spacial score (nSPS) is 20.9. The molecule has 1 aliphatic rings. The molecule has 21 heavy (non-hydrogen) atoms. The Morgan fingerprint density at radius 2 is 1.71 bits per heavy atom. The standard InChI is InChI=1S/C17H15NO3/c1-17(13-8-10-14(20-2)11-9-13)16(19)21-15(18-17)12-6-4-3-5-7-12/h3-11H,1-2H3. The molecular formula is C17H15NO3. The predicted molar refractivity (Wildman–Crippen MR) is 79.4 cm³/mol. The van der Waals surface area contributed by atoms with E-state index in [1.54, 1.807) is 14.0 Å². The van der Waals surface area contributed by atoms with Crippen molar-refractivity contribution in [1.29, 1.82) is 0 Å². The first-order valence-electron chi connectivity index (χ1n) is 6.65. The topological polar surface area (TPSA) is 47.9 Å². The Balaban J connectivity index is 1.99. The van der Waals surface area contributed by atoms with Gasteiger partial charge in [0.25, 0.3) is 0 Å². The third-order valence-electron chi connectivity index (χ3n) is 3.58. The number of hydrogen-bond donors (Lipinski definition) is 0. The maximum atomic E-state index is 12.3. The molecule has 1 atom stereocenters. The van der Waals surface area contributed by atoms with E-state index in [1.165, 1.54) is 0 Å². The molecule has 106 valence electrons. The van der Waals surface area contributed by atoms with E-state index in [0.29, 0.717) is 5.90 Å². The molecule has 0 amide bonds. The number of aliphatic imine (C=N–C) groups is 1. The van der Waals surface area contributed by atoms with Crippen molar-refractivity contribution in [3.05, 3.63) is 65.7 Å². The van der Waals surface area contributed by atoms with Crippen LogP contribution in [0.3, 0.4) is 0 Å². The predicted octanol–water partition coefficient (Wildman–Crippen LogP) is 2.91. The minimum atomic E-state index is -1.02. The molecule has 0 radical (unpaired) electrons. The zero-order valence-electron chi connectivity index (χ0n) is 11.9. The molecule has 4 heteroatoms. The number of methoxy groups -OCH3 is 1. The molecule has 1 aliphatic heterocycles. The lowest BCUT2D eigenvalue weighted by molar-refractivity contribution is -0.138. The van der Waals surface area contributed by atoms with Crippen LogP contribution in [0.25, 0.3) is 0 Å². The highest BCUT2D eigenvalue weighted by molar-refractivity contribution is 6.08. The number of benzene rings is 2. The van der Waals surface area contributed by atoms with E-state index in [1.807, 2.05) is 54.6 Å². The van der Waals surface area contributed by atoms with Gasteiger partial charge in [-0.25, -0.2) is 9.79 Å². The van der Waals surface area contributed by atoms with E-state index >= 15 is 0 Å². The van der Waals surface area contributed by atoms with E-state index in [4.69, 9.17) is 9.47 Å². The molecule has 0 spiro atoms. The summed E-state index contributed by atoms with van der Waals surface area (Å²) < 4.78 is 10.5. The number of carbonyl (C=O) groups excluding carboxylic acids is 1. The van der Waals surface area contributed by atoms with Crippen molar-refractivity contribution >= 4 is 11.9 Å². The number of hydrogen-bond acceptors (Lipinski definition) is 4. The van der Waals surface area contributed by atoms with Crippen LogP contribution in [0, 0.1) is 0 Å². The lowest BCUT2D eigenvalue weighted by Gasteiger charge is -2.16. The summed E-state index contributed by atoms with van der Waals surface area (Å²) in [5.74, 6) is 0.728. The van der Waals surface area contributed by atoms with Gasteiger partial charge in [0.2, 0.25) is 5.90 Å². The van der Waals surface area contributed by atoms with Gasteiger partial charge in [-0.2, -0.15) is 0 Å². The maximum Gasteiger partial charge on any atom is 0.345 e. The summed E-state index contributed by atoms with van der Waals surface area (Å²) >= 11 is 0. The second-order valence-corrected chi connectivity index (χ2v) is 4.97. The SMILES string of the molecule is COc1ccc(C2(C)N=C(c3ccccc3)OC2=O)cc1. The molecule has 0 aromatic heterocycles. The Kier molecular flexibility index (Phi) is 3.22. The third-order valence-corrected chi connectivity index (χ3v) is 3.58. The Hall–Kier alpha value is -2.62. The Bertz CT molecular complexity index is 692. The molecule has 0 aliphatic carbocycles. The molecule has 0 fully saturated rings. The first-order chi connectivity index (χ1) is 10.1. The van der Waals surface area contributed by atoms with Crippen LogP contribution in [0.2, 0.25) is 0 Å². The summed E-state index contributed by atoms with van der Waals surface area (Å²) in [6.07, 6.45) is 0. The minimum absolute atomic E-state index is 0.360. The van der Waals surface area contributed by atoms with Crippen LogP contribution < -0.4 is 4.74 Å². The molecule has 0 saturated heterocycles. The second kappa shape index (κ2) is 5.05. The number of carbonyl (C=O) groups is 1. The van der Waals surface area contributed by atoms with Crippen LogP contribution in [0.15, 0.2) is 59.6 Å². The van der Waals surface area contributed by atoms with Crippen molar-refractivity contribution < 1.29 is 14.3 Å². The van der Waals surface area contributed by atoms with E-state index in [2.05, 4.69) is 4.99 Å². The lowest BCUT2D eigenvalue weighted by Crippen LogP contribution is -2.27. The maximum absolute atomic E-state index is 12.3. The van der Waals surface area contributed by atoms with E-state index < -0.39 is 5.54 Å². The van der Waals surface area contributed by atoms with E-state index in [0.717, 1.165) is 16.9 Å². The van der Waals surface area contributed by atoms with Crippen molar-refractivity contribution in [3.8, 4) is 5.75 Å². The molecule has 3 rings (SSSR count). The van der Waals surface area contributed by atoms with Crippen LogP contribution >= 0.6 is 0 Å². The second-order valence-electron chi connectivity index (χ2n) is 4.97. The highest BCUT2D eigenvalue weighted by Gasteiger charge is 2.43. The summed E-state index contributed by atoms with van der Waals surface area (Å²) in [4.78, 5) is 16.8. The van der Waals surface area contributed by atoms with Crippen molar-refractivity contribution in [2.75, 3.05) is 7.11 Å². The highest BCUT2D eigenvalue weighted by atomic mass is 16.6. The van der Waals surface area contributed by atoms with E-state index in [-0.39, 0.29) is 5.97 Å². The summed E-state index contributed by atoms with van der Waals surface area (Å²) in [6.45, 7) is 1.76. The molecule has 2 aromatic rings. The Morgan fingerprint density at radius 3 is 2.33 bits per heavy atom. The van der Waals surface area contributed by atoms with Gasteiger partial charge in [-0.1, -0.05) is 30.3 Å². The third kappa shape index (κ3) is 2.29.